The highest BCUT2D eigenvalue weighted by Crippen LogP contribution is 2.27. The molecule has 1 aliphatic carbocycles. The molecule has 1 atom stereocenters. The average molecular weight is 249 g/mol. The predicted octanol–water partition coefficient (Wildman–Crippen LogP) is 3.29. The van der Waals surface area contributed by atoms with Gasteiger partial charge < -0.3 is 10.3 Å². The molecule has 0 aliphatic heterocycles. The molecule has 18 heavy (non-hydrogen) atoms. The lowest BCUT2D eigenvalue weighted by molar-refractivity contribution is 0.350. The van der Waals surface area contributed by atoms with E-state index < -0.39 is 0 Å². The Morgan fingerprint density at radius 3 is 2.72 bits per heavy atom. The molecule has 1 saturated carbocycles. The van der Waals surface area contributed by atoms with Gasteiger partial charge in [-0.05, 0) is 18.9 Å². The first kappa shape index (κ1) is 13.6. The minimum atomic E-state index is 0.587. The van der Waals surface area contributed by atoms with Crippen LogP contribution in [0.1, 0.15) is 57.7 Å². The zero-order valence-electron chi connectivity index (χ0n) is 11.6. The summed E-state index contributed by atoms with van der Waals surface area (Å²) in [6.07, 6.45) is 14.7. The number of aromatic nitrogens is 2. The van der Waals surface area contributed by atoms with E-state index in [4.69, 9.17) is 0 Å². The molecule has 0 amide bonds. The van der Waals surface area contributed by atoms with Crippen molar-refractivity contribution in [1.29, 1.82) is 0 Å². The van der Waals surface area contributed by atoms with Crippen LogP contribution in [0, 0.1) is 5.92 Å². The second-order valence-electron chi connectivity index (χ2n) is 5.59. The van der Waals surface area contributed by atoms with E-state index >= 15 is 0 Å². The van der Waals surface area contributed by atoms with Gasteiger partial charge in [0.1, 0.15) is 5.82 Å². The summed E-state index contributed by atoms with van der Waals surface area (Å²) in [7, 11) is 0. The van der Waals surface area contributed by atoms with Crippen LogP contribution in [0.4, 0.5) is 0 Å². The van der Waals surface area contributed by atoms with Crippen molar-refractivity contribution in [3.63, 3.8) is 0 Å². The van der Waals surface area contributed by atoms with Gasteiger partial charge in [-0.3, -0.25) is 0 Å². The molecule has 0 radical (unpaired) electrons. The zero-order chi connectivity index (χ0) is 12.6. The largest absolute Gasteiger partial charge is 0.349 e. The zero-order valence-corrected chi connectivity index (χ0v) is 11.6. The molecule has 1 aromatic heterocycles. The van der Waals surface area contributed by atoms with Crippen molar-refractivity contribution in [2.75, 3.05) is 6.54 Å². The Labute approximate surface area is 111 Å². The molecular formula is C15H27N3. The van der Waals surface area contributed by atoms with Gasteiger partial charge in [0.15, 0.2) is 0 Å². The number of likely N-dealkylation sites (N-methyl/N-ethyl adjacent to an activating group) is 1. The summed E-state index contributed by atoms with van der Waals surface area (Å²) in [5.74, 6) is 2.04. The molecule has 1 heterocycles. The van der Waals surface area contributed by atoms with E-state index in [-0.39, 0.29) is 0 Å². The van der Waals surface area contributed by atoms with Crippen LogP contribution in [0.5, 0.6) is 0 Å². The third-order valence-corrected chi connectivity index (χ3v) is 4.08. The first-order valence-corrected chi connectivity index (χ1v) is 7.60. The van der Waals surface area contributed by atoms with Crippen LogP contribution in [-0.2, 0) is 6.42 Å². The number of nitrogens with zero attached hydrogens (tertiary/aromatic N) is 1. The molecule has 0 saturated heterocycles. The molecule has 0 bridgehead atoms. The highest BCUT2D eigenvalue weighted by atomic mass is 14.9. The van der Waals surface area contributed by atoms with Gasteiger partial charge in [0.2, 0.25) is 0 Å². The monoisotopic (exact) mass is 249 g/mol. The predicted molar refractivity (Wildman–Crippen MR) is 75.6 cm³/mol. The van der Waals surface area contributed by atoms with E-state index in [1.54, 1.807) is 0 Å². The van der Waals surface area contributed by atoms with Crippen LogP contribution in [-0.4, -0.2) is 22.6 Å². The summed E-state index contributed by atoms with van der Waals surface area (Å²) in [5, 5.41) is 3.63. The highest BCUT2D eigenvalue weighted by molar-refractivity contribution is 4.91. The number of nitrogens with one attached hydrogen (secondary N) is 2. The fraction of sp³-hybridized carbons (Fsp3) is 0.800. The van der Waals surface area contributed by atoms with Crippen LogP contribution in [0.3, 0.4) is 0 Å². The Hall–Kier alpha value is -0.830. The van der Waals surface area contributed by atoms with E-state index in [1.165, 1.54) is 44.9 Å². The maximum absolute atomic E-state index is 4.35. The van der Waals surface area contributed by atoms with Crippen LogP contribution >= 0.6 is 0 Å². The van der Waals surface area contributed by atoms with Crippen LogP contribution in [0.15, 0.2) is 12.4 Å². The smallest absolute Gasteiger partial charge is 0.107 e. The summed E-state index contributed by atoms with van der Waals surface area (Å²) in [4.78, 5) is 7.58. The number of hydrogen-bond acceptors (Lipinski definition) is 2. The van der Waals surface area contributed by atoms with Crippen molar-refractivity contribution in [2.24, 2.45) is 5.92 Å². The molecule has 1 aromatic rings. The third kappa shape index (κ3) is 4.45. The number of H-pyrrole nitrogens is 1. The van der Waals surface area contributed by atoms with Gasteiger partial charge in [-0.2, -0.15) is 0 Å². The molecule has 0 spiro atoms. The fourth-order valence-corrected chi connectivity index (χ4v) is 3.17. The third-order valence-electron chi connectivity index (χ3n) is 4.08. The number of aromatic amines is 1. The summed E-state index contributed by atoms with van der Waals surface area (Å²) >= 11 is 0. The Balaban J connectivity index is 1.84. The number of hydrogen-bond donors (Lipinski definition) is 2. The van der Waals surface area contributed by atoms with E-state index in [0.29, 0.717) is 6.04 Å². The van der Waals surface area contributed by atoms with Crippen molar-refractivity contribution >= 4 is 0 Å². The lowest BCUT2D eigenvalue weighted by atomic mass is 9.91. The van der Waals surface area contributed by atoms with Gasteiger partial charge in [-0.25, -0.2) is 4.98 Å². The average Bonchev–Trinajstić information content (AvgIpc) is 2.73. The van der Waals surface area contributed by atoms with Crippen LogP contribution in [0.25, 0.3) is 0 Å². The van der Waals surface area contributed by atoms with Gasteiger partial charge in [-0.15, -0.1) is 0 Å². The van der Waals surface area contributed by atoms with E-state index in [2.05, 4.69) is 22.2 Å². The van der Waals surface area contributed by atoms with Crippen molar-refractivity contribution in [3.8, 4) is 0 Å². The minimum absolute atomic E-state index is 0.587. The summed E-state index contributed by atoms with van der Waals surface area (Å²) in [5.41, 5.74) is 0. The molecule has 3 nitrogen and oxygen atoms in total. The minimum Gasteiger partial charge on any atom is -0.349 e. The van der Waals surface area contributed by atoms with Gasteiger partial charge >= 0.3 is 0 Å². The van der Waals surface area contributed by atoms with Crippen LogP contribution in [0.2, 0.25) is 0 Å². The number of imidazole rings is 1. The lowest BCUT2D eigenvalue weighted by Crippen LogP contribution is -2.33. The highest BCUT2D eigenvalue weighted by Gasteiger charge is 2.18. The molecule has 2 rings (SSSR count). The Morgan fingerprint density at radius 2 is 2.11 bits per heavy atom. The first-order chi connectivity index (χ1) is 8.88. The van der Waals surface area contributed by atoms with Crippen LogP contribution < -0.4 is 5.32 Å². The molecule has 0 aromatic carbocycles. The first-order valence-electron chi connectivity index (χ1n) is 7.60. The van der Waals surface area contributed by atoms with Crippen molar-refractivity contribution in [1.82, 2.24) is 15.3 Å². The maximum Gasteiger partial charge on any atom is 0.107 e. The SMILES string of the molecule is CCNC(Cc1ncc[nH]1)CC1CCCCCC1. The fourth-order valence-electron chi connectivity index (χ4n) is 3.17. The van der Waals surface area contributed by atoms with E-state index in [1.807, 2.05) is 12.4 Å². The molecule has 102 valence electrons. The summed E-state index contributed by atoms with van der Waals surface area (Å²) < 4.78 is 0. The summed E-state index contributed by atoms with van der Waals surface area (Å²) in [6, 6.07) is 0.587. The molecule has 1 aliphatic rings. The lowest BCUT2D eigenvalue weighted by Gasteiger charge is -2.22. The molecule has 1 fully saturated rings. The van der Waals surface area contributed by atoms with Gasteiger partial charge in [0.25, 0.3) is 0 Å². The second kappa shape index (κ2) is 7.57. The molecule has 2 N–H and O–H groups in total. The molecular weight excluding hydrogens is 222 g/mol. The summed E-state index contributed by atoms with van der Waals surface area (Å²) in [6.45, 7) is 3.25. The van der Waals surface area contributed by atoms with Gasteiger partial charge in [-0.1, -0.05) is 45.4 Å². The quantitative estimate of drug-likeness (QED) is 0.760. The van der Waals surface area contributed by atoms with Crippen molar-refractivity contribution in [2.45, 2.75) is 64.3 Å². The van der Waals surface area contributed by atoms with Gasteiger partial charge in [0.05, 0.1) is 0 Å². The second-order valence-corrected chi connectivity index (χ2v) is 5.59. The van der Waals surface area contributed by atoms with Crippen molar-refractivity contribution < 1.29 is 0 Å². The topological polar surface area (TPSA) is 40.7 Å². The Kier molecular flexibility index (Phi) is 5.72. The number of rotatable bonds is 6. The maximum atomic E-state index is 4.35. The Bertz CT molecular complexity index is 300. The standard InChI is InChI=1S/C15H27N3/c1-2-16-14(12-15-17-9-10-18-15)11-13-7-5-3-4-6-8-13/h9-10,13-14,16H,2-8,11-12H2,1H3,(H,17,18). The molecule has 1 unspecified atom stereocenters. The van der Waals surface area contributed by atoms with E-state index in [9.17, 15) is 0 Å². The molecule has 3 heteroatoms. The van der Waals surface area contributed by atoms with E-state index in [0.717, 1.165) is 24.7 Å². The van der Waals surface area contributed by atoms with Gasteiger partial charge in [0, 0.05) is 24.9 Å². The normalized spacial score (nSPS) is 19.6. The van der Waals surface area contributed by atoms with Crippen molar-refractivity contribution in [3.05, 3.63) is 18.2 Å². The Morgan fingerprint density at radius 1 is 1.33 bits per heavy atom.